The predicted molar refractivity (Wildman–Crippen MR) is 92.9 cm³/mol. The molecule has 0 amide bonds. The highest BCUT2D eigenvalue weighted by molar-refractivity contribution is 6.32. The van der Waals surface area contributed by atoms with Crippen molar-refractivity contribution in [1.82, 2.24) is 0 Å². The van der Waals surface area contributed by atoms with Crippen molar-refractivity contribution in [2.24, 2.45) is 11.3 Å². The van der Waals surface area contributed by atoms with E-state index in [1.54, 1.807) is 0 Å². The molecule has 0 spiro atoms. The molecule has 0 saturated carbocycles. The fourth-order valence-electron chi connectivity index (χ4n) is 3.52. The van der Waals surface area contributed by atoms with E-state index in [2.05, 4.69) is 0 Å². The minimum Gasteiger partial charge on any atom is -0.373 e. The van der Waals surface area contributed by atoms with Crippen molar-refractivity contribution in [1.29, 1.82) is 0 Å². The van der Waals surface area contributed by atoms with Crippen LogP contribution in [0.15, 0.2) is 41.7 Å². The summed E-state index contributed by atoms with van der Waals surface area (Å²) in [5.74, 6) is -2.91. The Morgan fingerprint density at radius 3 is 2.00 bits per heavy atom. The number of hydrogen-bond acceptors (Lipinski definition) is 2. The molecule has 0 radical (unpaired) electrons. The third-order valence-corrected chi connectivity index (χ3v) is 5.32. The van der Waals surface area contributed by atoms with Crippen molar-refractivity contribution in [2.45, 2.75) is 38.0 Å². The lowest BCUT2D eigenvalue weighted by Gasteiger charge is -2.47. The summed E-state index contributed by atoms with van der Waals surface area (Å²) in [4.78, 5) is 11.6. The molecule has 1 aliphatic carbocycles. The van der Waals surface area contributed by atoms with Gasteiger partial charge in [0, 0.05) is 16.2 Å². The molecule has 11 heteroatoms. The number of aliphatic hydroxyl groups is 1. The summed E-state index contributed by atoms with van der Waals surface area (Å²) in [6.45, 7) is 2.38. The van der Waals surface area contributed by atoms with Gasteiger partial charge in [-0.2, -0.15) is 26.3 Å². The number of aldehydes is 1. The standard InChI is InChI=1S/C19H15ClF8O2/c1-9(2)13-14(10-5-3-4-6-11(10)20)12(21)7-16(8-29,15(13)22)17(30,18(23,24)25)19(26,27)28/h3-9,15,30H,1-2H3. The number of hydrogen-bond donors (Lipinski definition) is 1. The number of carbonyl (C=O) groups is 1. The summed E-state index contributed by atoms with van der Waals surface area (Å²) < 4.78 is 111. The molecule has 0 heterocycles. The summed E-state index contributed by atoms with van der Waals surface area (Å²) in [5.41, 5.74) is -12.0. The number of carbonyl (C=O) groups excluding carboxylic acids is 1. The van der Waals surface area contributed by atoms with Gasteiger partial charge in [0.2, 0.25) is 0 Å². The summed E-state index contributed by atoms with van der Waals surface area (Å²) >= 11 is 5.95. The third-order valence-electron chi connectivity index (χ3n) is 4.99. The van der Waals surface area contributed by atoms with Gasteiger partial charge in [-0.25, -0.2) is 8.78 Å². The number of allylic oxidation sites excluding steroid dienone is 3. The minimum absolute atomic E-state index is 0.151. The zero-order chi connectivity index (χ0) is 23.3. The van der Waals surface area contributed by atoms with E-state index in [1.165, 1.54) is 38.1 Å². The molecule has 30 heavy (non-hydrogen) atoms. The molecule has 1 aliphatic rings. The lowest BCUT2D eigenvalue weighted by Crippen LogP contribution is -2.70. The fourth-order valence-corrected chi connectivity index (χ4v) is 3.76. The SMILES string of the molecule is CC(C)C1=C(c2ccccc2Cl)C(F)=CC(C=O)(C(O)(C(F)(F)F)C(F)(F)F)C1F. The van der Waals surface area contributed by atoms with Crippen LogP contribution in [0.1, 0.15) is 19.4 Å². The Balaban J connectivity index is 2.96. The molecule has 2 unspecified atom stereocenters. The second-order valence-corrected chi connectivity index (χ2v) is 7.48. The van der Waals surface area contributed by atoms with Gasteiger partial charge in [-0.3, -0.25) is 0 Å². The van der Waals surface area contributed by atoms with Crippen molar-refractivity contribution in [3.05, 3.63) is 52.3 Å². The van der Waals surface area contributed by atoms with E-state index in [-0.39, 0.29) is 10.6 Å². The normalized spacial score (nSPS) is 23.6. The number of rotatable bonds is 4. The second kappa shape index (κ2) is 7.64. The lowest BCUT2D eigenvalue weighted by molar-refractivity contribution is -0.394. The zero-order valence-electron chi connectivity index (χ0n) is 15.4. The highest BCUT2D eigenvalue weighted by Crippen LogP contribution is 2.60. The number of alkyl halides is 7. The van der Waals surface area contributed by atoms with Crippen molar-refractivity contribution < 1.29 is 45.0 Å². The van der Waals surface area contributed by atoms with Crippen LogP contribution in [0.4, 0.5) is 35.1 Å². The van der Waals surface area contributed by atoms with Crippen molar-refractivity contribution in [3.8, 4) is 0 Å². The first-order valence-corrected chi connectivity index (χ1v) is 8.78. The molecule has 0 aromatic heterocycles. The van der Waals surface area contributed by atoms with Crippen LogP contribution in [0.25, 0.3) is 5.57 Å². The molecule has 1 aromatic rings. The van der Waals surface area contributed by atoms with E-state index in [9.17, 15) is 36.2 Å². The van der Waals surface area contributed by atoms with Gasteiger partial charge in [0.1, 0.15) is 23.7 Å². The fraction of sp³-hybridized carbons (Fsp3) is 0.421. The average molecular weight is 463 g/mol. The van der Waals surface area contributed by atoms with Gasteiger partial charge in [0.15, 0.2) is 0 Å². The van der Waals surface area contributed by atoms with Crippen LogP contribution in [0.2, 0.25) is 5.02 Å². The summed E-state index contributed by atoms with van der Waals surface area (Å²) in [7, 11) is 0. The topological polar surface area (TPSA) is 37.3 Å². The smallest absolute Gasteiger partial charge is 0.373 e. The van der Waals surface area contributed by atoms with Crippen LogP contribution in [0, 0.1) is 11.3 Å². The maximum absolute atomic E-state index is 15.5. The predicted octanol–water partition coefficient (Wildman–Crippen LogP) is 6.00. The van der Waals surface area contributed by atoms with Crippen LogP contribution in [0.5, 0.6) is 0 Å². The number of halogens is 9. The Labute approximate surface area is 170 Å². The first-order chi connectivity index (χ1) is 13.6. The van der Waals surface area contributed by atoms with Gasteiger partial charge in [-0.1, -0.05) is 43.6 Å². The highest BCUT2D eigenvalue weighted by Gasteiger charge is 2.82. The van der Waals surface area contributed by atoms with E-state index in [4.69, 9.17) is 11.6 Å². The third kappa shape index (κ3) is 3.33. The minimum atomic E-state index is -6.56. The Bertz CT molecular complexity index is 887. The van der Waals surface area contributed by atoms with Crippen molar-refractivity contribution in [3.63, 3.8) is 0 Å². The molecule has 0 saturated heterocycles. The van der Waals surface area contributed by atoms with Crippen LogP contribution in [0.3, 0.4) is 0 Å². The van der Waals surface area contributed by atoms with Gasteiger partial charge >= 0.3 is 12.4 Å². The molecular weight excluding hydrogens is 448 g/mol. The summed E-state index contributed by atoms with van der Waals surface area (Å²) in [6.07, 6.45) is -18.0. The molecule has 1 N–H and O–H groups in total. The number of benzene rings is 1. The van der Waals surface area contributed by atoms with Gasteiger partial charge in [0.05, 0.1) is 0 Å². The lowest BCUT2D eigenvalue weighted by atomic mass is 9.61. The van der Waals surface area contributed by atoms with E-state index in [1.807, 2.05) is 0 Å². The molecule has 2 rings (SSSR count). The maximum Gasteiger partial charge on any atom is 0.427 e. The van der Waals surface area contributed by atoms with E-state index in [0.717, 1.165) is 0 Å². The summed E-state index contributed by atoms with van der Waals surface area (Å²) in [6, 6.07) is 5.20. The van der Waals surface area contributed by atoms with E-state index in [0.29, 0.717) is 0 Å². The molecule has 166 valence electrons. The van der Waals surface area contributed by atoms with Crippen LogP contribution >= 0.6 is 11.6 Å². The molecule has 0 aliphatic heterocycles. The average Bonchev–Trinajstić information content (AvgIpc) is 2.60. The maximum atomic E-state index is 15.5. The first-order valence-electron chi connectivity index (χ1n) is 8.40. The Kier molecular flexibility index (Phi) is 6.19. The monoisotopic (exact) mass is 462 g/mol. The highest BCUT2D eigenvalue weighted by atomic mass is 35.5. The van der Waals surface area contributed by atoms with Gasteiger partial charge in [0.25, 0.3) is 5.60 Å². The quantitative estimate of drug-likeness (QED) is 0.440. The van der Waals surface area contributed by atoms with Crippen LogP contribution < -0.4 is 0 Å². The zero-order valence-corrected chi connectivity index (χ0v) is 16.1. The molecule has 0 bridgehead atoms. The van der Waals surface area contributed by atoms with Crippen molar-refractivity contribution >= 4 is 23.5 Å². The van der Waals surface area contributed by atoms with Crippen LogP contribution in [-0.2, 0) is 4.79 Å². The second-order valence-electron chi connectivity index (χ2n) is 7.08. The van der Waals surface area contributed by atoms with Crippen LogP contribution in [-0.4, -0.2) is 35.5 Å². The Morgan fingerprint density at radius 2 is 1.60 bits per heavy atom. The largest absolute Gasteiger partial charge is 0.427 e. The van der Waals surface area contributed by atoms with E-state index >= 15 is 8.78 Å². The van der Waals surface area contributed by atoms with Gasteiger partial charge in [-0.05, 0) is 23.6 Å². The van der Waals surface area contributed by atoms with E-state index < -0.39 is 64.8 Å². The van der Waals surface area contributed by atoms with Crippen molar-refractivity contribution in [2.75, 3.05) is 0 Å². The molecule has 0 fully saturated rings. The summed E-state index contributed by atoms with van der Waals surface area (Å²) in [5, 5.41) is 9.63. The molecule has 2 nitrogen and oxygen atoms in total. The Hall–Kier alpha value is -1.94. The Morgan fingerprint density at radius 1 is 1.10 bits per heavy atom. The van der Waals surface area contributed by atoms with Gasteiger partial charge in [-0.15, -0.1) is 0 Å². The first kappa shape index (κ1) is 24.3. The molecular formula is C19H15ClF8O2. The van der Waals surface area contributed by atoms with Gasteiger partial charge < -0.3 is 9.90 Å². The molecule has 2 atom stereocenters. The molecule has 1 aromatic carbocycles.